The number of phenolic OH excluding ortho intramolecular Hbond substituents is 1. The van der Waals surface area contributed by atoms with Gasteiger partial charge in [-0.15, -0.1) is 0 Å². The number of fused-ring (bicyclic) bond motifs is 9. The Morgan fingerprint density at radius 2 is 1.65 bits per heavy atom. The number of H-pyrrole nitrogens is 1. The number of rotatable bonds is 8. The summed E-state index contributed by atoms with van der Waals surface area (Å²) >= 11 is 0. The van der Waals surface area contributed by atoms with Crippen LogP contribution in [0.15, 0.2) is 115 Å². The number of aromatic nitrogens is 1. The number of aromatic amines is 1. The molecule has 1 saturated carbocycles. The second-order valence-corrected chi connectivity index (χ2v) is 22.6. The number of carbonyl (C=O) groups excluding carboxylic acids is 2. The van der Waals surface area contributed by atoms with Crippen LogP contribution >= 0.6 is 0 Å². The van der Waals surface area contributed by atoms with Crippen molar-refractivity contribution in [1.82, 2.24) is 15.6 Å². The van der Waals surface area contributed by atoms with Crippen LogP contribution in [0, 0.1) is 47.3 Å². The fourth-order valence-corrected chi connectivity index (χ4v) is 13.0. The lowest BCUT2D eigenvalue weighted by Gasteiger charge is -2.36. The third-order valence-electron chi connectivity index (χ3n) is 17.3. The molecule has 0 amide bonds. The van der Waals surface area contributed by atoms with Gasteiger partial charge >= 0.3 is 0 Å². The van der Waals surface area contributed by atoms with Crippen LogP contribution in [0.3, 0.4) is 0 Å². The van der Waals surface area contributed by atoms with Crippen molar-refractivity contribution in [3.8, 4) is 23.3 Å². The van der Waals surface area contributed by atoms with Crippen molar-refractivity contribution in [2.75, 3.05) is 32.1 Å². The van der Waals surface area contributed by atoms with Crippen LogP contribution in [0.2, 0.25) is 0 Å². The van der Waals surface area contributed by atoms with Crippen molar-refractivity contribution in [3.05, 3.63) is 148 Å². The van der Waals surface area contributed by atoms with Crippen LogP contribution in [0.5, 0.6) is 11.5 Å². The molecule has 408 valence electrons. The molecule has 9 bridgehead atoms. The first-order valence-corrected chi connectivity index (χ1v) is 28.4. The van der Waals surface area contributed by atoms with Gasteiger partial charge in [0.25, 0.3) is 0 Å². The molecule has 1 aromatic heterocycles. The van der Waals surface area contributed by atoms with Gasteiger partial charge in [0, 0.05) is 61.9 Å². The lowest BCUT2D eigenvalue weighted by molar-refractivity contribution is -0.142. The molecule has 12 heteroatoms. The van der Waals surface area contributed by atoms with Crippen LogP contribution in [-0.2, 0) is 28.9 Å². The Kier molecular flexibility index (Phi) is 18.4. The average molecular weight is 1050 g/mol. The highest BCUT2D eigenvalue weighted by Gasteiger charge is 2.45. The highest BCUT2D eigenvalue weighted by Crippen LogP contribution is 2.48. The number of dihydropyridines is 1. The van der Waals surface area contributed by atoms with Crippen LogP contribution in [0.25, 0.3) is 10.8 Å². The summed E-state index contributed by atoms with van der Waals surface area (Å²) in [5.74, 6) is 4.84. The summed E-state index contributed by atoms with van der Waals surface area (Å²) < 4.78 is 5.54. The molecule has 9 N–H and O–H groups in total. The normalized spacial score (nSPS) is 28.0. The lowest BCUT2D eigenvalue weighted by Crippen LogP contribution is -2.40. The standard InChI is InChI=1S/C65H80N4O8/c1-5-10-56-48-28-47(27-43-16-20-55(42-11-8-7-9-12-42)57-35-61(74)62(77-4)32-44(57)17-22-59(72)65(76)64(75)58(43)31-48)54(21-19-52(70)6-2)45-23-24-67-63(33-45)69-50-18-15-41-14-13-40(25-46(41)29-50)26-53(71)38-66-36-39(3)49-30-51(68-37-49)34-60(56)73/h7-9,11-15,18,23,25,29-30,32-33,35,37,39,43,47-48,52-56,58,60,65-71,73-74,76H,5-6,10,17,19,21-22,24,26-28,31,34,36,38H2,1-4H3/t39-,43-,47+,48-,52-,53+,54-,55+,56+,58-,60-,65+/m1/s1. The topological polar surface area (TPSA) is 196 Å². The lowest BCUT2D eigenvalue weighted by atomic mass is 9.71. The molecule has 4 aromatic carbocycles. The Hall–Kier alpha value is -6.20. The summed E-state index contributed by atoms with van der Waals surface area (Å²) in [6.07, 6.45) is 8.42. The summed E-state index contributed by atoms with van der Waals surface area (Å²) in [4.78, 5) is 33.0. The molecule has 12 nitrogen and oxygen atoms in total. The first-order valence-electron chi connectivity index (χ1n) is 28.4. The van der Waals surface area contributed by atoms with E-state index in [2.05, 4.69) is 101 Å². The summed E-state index contributed by atoms with van der Waals surface area (Å²) in [5, 5.41) is 71.3. The van der Waals surface area contributed by atoms with E-state index in [-0.39, 0.29) is 53.9 Å². The highest BCUT2D eigenvalue weighted by molar-refractivity contribution is 6.06. The first-order chi connectivity index (χ1) is 37.3. The van der Waals surface area contributed by atoms with Gasteiger partial charge < -0.3 is 51.2 Å². The fourth-order valence-electron chi connectivity index (χ4n) is 13.0. The maximum absolute atomic E-state index is 15.3. The quantitative estimate of drug-likeness (QED) is 0.0531. The molecular weight excluding hydrogens is 965 g/mol. The van der Waals surface area contributed by atoms with E-state index in [0.29, 0.717) is 77.4 Å². The number of aryl methyl sites for hydroxylation is 1. The summed E-state index contributed by atoms with van der Waals surface area (Å²) in [7, 11) is 1.48. The maximum Gasteiger partial charge on any atom is 0.173 e. The zero-order chi connectivity index (χ0) is 54.2. The Bertz CT molecular complexity index is 2970. The Balaban J connectivity index is 1.19. The van der Waals surface area contributed by atoms with Crippen molar-refractivity contribution in [3.63, 3.8) is 0 Å². The number of hydrogen-bond donors (Lipinski definition) is 9. The first kappa shape index (κ1) is 55.6. The molecule has 5 aromatic rings. The maximum atomic E-state index is 15.3. The Morgan fingerprint density at radius 1 is 0.831 bits per heavy atom. The third-order valence-corrected chi connectivity index (χ3v) is 17.3. The minimum Gasteiger partial charge on any atom is -0.504 e. The van der Waals surface area contributed by atoms with Gasteiger partial charge in [-0.05, 0) is 168 Å². The van der Waals surface area contributed by atoms with Crippen LogP contribution in [0.1, 0.15) is 124 Å². The van der Waals surface area contributed by atoms with Crippen molar-refractivity contribution in [2.24, 2.45) is 35.5 Å². The van der Waals surface area contributed by atoms with E-state index in [1.807, 2.05) is 43.5 Å². The van der Waals surface area contributed by atoms with Crippen molar-refractivity contribution >= 4 is 28.0 Å². The van der Waals surface area contributed by atoms with Crippen LogP contribution in [0.4, 0.5) is 5.69 Å². The minimum absolute atomic E-state index is 0.0507. The van der Waals surface area contributed by atoms with Crippen LogP contribution in [-0.4, -0.2) is 93.2 Å². The largest absolute Gasteiger partial charge is 0.504 e. The molecule has 0 radical (unpaired) electrons. The van der Waals surface area contributed by atoms with Gasteiger partial charge in [-0.3, -0.25) is 9.59 Å². The number of Topliss-reactive ketones (excluding diaryl/α,β-unsaturated/α-hetero) is 2. The van der Waals surface area contributed by atoms with Gasteiger partial charge in [-0.2, -0.15) is 0 Å². The van der Waals surface area contributed by atoms with E-state index in [1.54, 1.807) is 12.1 Å². The van der Waals surface area contributed by atoms with Crippen molar-refractivity contribution in [1.29, 1.82) is 0 Å². The van der Waals surface area contributed by atoms with Crippen LogP contribution < -0.4 is 20.7 Å². The summed E-state index contributed by atoms with van der Waals surface area (Å²) in [6, 6.07) is 28.1. The number of nitrogens with one attached hydrogen (secondary N) is 4. The number of benzene rings is 4. The number of hydrogen-bond acceptors (Lipinski definition) is 11. The van der Waals surface area contributed by atoms with Crippen molar-refractivity contribution < 1.29 is 39.9 Å². The van der Waals surface area contributed by atoms with E-state index < -0.39 is 53.7 Å². The molecule has 0 spiro atoms. The Morgan fingerprint density at radius 3 is 2.44 bits per heavy atom. The molecule has 0 unspecified atom stereocenters. The molecular formula is C65H80N4O8. The number of aliphatic hydroxyl groups is 4. The number of carbonyl (C=O) groups is 2. The molecule has 1 fully saturated rings. The summed E-state index contributed by atoms with van der Waals surface area (Å²) in [5.41, 5.74) is 7.44. The van der Waals surface area contributed by atoms with Gasteiger partial charge in [-0.25, -0.2) is 0 Å². The smallest absolute Gasteiger partial charge is 0.173 e. The Labute approximate surface area is 454 Å². The predicted molar refractivity (Wildman–Crippen MR) is 304 cm³/mol. The second kappa shape index (κ2) is 25.5. The van der Waals surface area contributed by atoms with Gasteiger partial charge in [-0.1, -0.05) is 99.7 Å². The second-order valence-electron chi connectivity index (χ2n) is 22.6. The predicted octanol–water partition coefficient (Wildman–Crippen LogP) is 9.39. The highest BCUT2D eigenvalue weighted by atomic mass is 16.5. The number of phenols is 1. The number of aliphatic hydroxyl groups excluding tert-OH is 4. The fraction of sp³-hybridized carbons (Fsp3) is 0.477. The molecule has 2 aliphatic carbocycles. The van der Waals surface area contributed by atoms with Gasteiger partial charge in [0.05, 0.1) is 31.3 Å². The van der Waals surface area contributed by atoms with Gasteiger partial charge in [0.2, 0.25) is 0 Å². The molecule has 9 rings (SSSR count). The SMILES string of the molecule is CCC[C@H]1[C@@H]2C[C@H](C[C@H]3C#C[C@@H](c4ccccc4)c4cc(O)c(OC)cc4CCC(=O)[C@H](O)C(=O)[C@@H]3C2)[C@H](CC[C@H](O)CC)C2=CCNC(=C2)Nc2ccc3ccc(cc3c2)C[C@H](O)CNC[C@@H](C)c2c[nH]c(c2)C[C@H]1O. The zero-order valence-corrected chi connectivity index (χ0v) is 45.3. The number of ether oxygens (including phenoxy) is 1. The number of ketones is 2. The van der Waals surface area contributed by atoms with E-state index in [1.165, 1.54) is 7.11 Å². The minimum atomic E-state index is -1.87. The molecule has 12 atom stereocenters. The molecule has 3 heterocycles. The molecule has 2 aliphatic heterocycles. The third kappa shape index (κ3) is 13.4. The number of β-amino-alcohol motifs (C(OH)–C–C–N with tert-alkyl or cyclic N) is 1. The molecule has 4 aliphatic rings. The zero-order valence-electron chi connectivity index (χ0n) is 45.3. The number of methoxy groups -OCH3 is 1. The summed E-state index contributed by atoms with van der Waals surface area (Å²) in [6.45, 7) is 7.94. The monoisotopic (exact) mass is 1040 g/mol. The number of allylic oxidation sites excluding steroid dienone is 2. The van der Waals surface area contributed by atoms with Crippen molar-refractivity contribution in [2.45, 2.75) is 134 Å². The molecule has 0 saturated heterocycles. The van der Waals surface area contributed by atoms with E-state index in [9.17, 15) is 30.3 Å². The number of aromatic hydroxyl groups is 1. The number of anilines is 1. The van der Waals surface area contributed by atoms with E-state index in [4.69, 9.17) is 4.74 Å². The van der Waals surface area contributed by atoms with E-state index >= 15 is 4.79 Å². The average Bonchev–Trinajstić information content (AvgIpc) is 3.83. The van der Waals surface area contributed by atoms with E-state index in [0.717, 1.165) is 67.8 Å². The van der Waals surface area contributed by atoms with Gasteiger partial charge in [0.15, 0.2) is 29.2 Å². The molecule has 77 heavy (non-hydrogen) atoms. The van der Waals surface area contributed by atoms with Gasteiger partial charge in [0.1, 0.15) is 5.82 Å².